The average Bonchev–Trinajstić information content (AvgIpc) is 2.19. The first-order chi connectivity index (χ1) is 6.76. The normalized spacial score (nSPS) is 19.9. The van der Waals surface area contributed by atoms with Gasteiger partial charge in [-0.15, -0.1) is 0 Å². The number of likely N-dealkylation sites (tertiary alicyclic amines) is 1. The number of piperidine rings is 1. The van der Waals surface area contributed by atoms with Crippen LogP contribution in [0.1, 0.15) is 32.6 Å². The summed E-state index contributed by atoms with van der Waals surface area (Å²) >= 11 is 0. The second-order valence-electron chi connectivity index (χ2n) is 4.37. The van der Waals surface area contributed by atoms with Gasteiger partial charge in [-0.3, -0.25) is 0 Å². The molecule has 0 bridgehead atoms. The zero-order valence-corrected chi connectivity index (χ0v) is 9.47. The summed E-state index contributed by atoms with van der Waals surface area (Å²) in [5.41, 5.74) is 6.86. The van der Waals surface area contributed by atoms with Gasteiger partial charge >= 0.3 is 0 Å². The summed E-state index contributed by atoms with van der Waals surface area (Å²) in [5.74, 6) is 0.872. The Morgan fingerprint density at radius 3 is 2.57 bits per heavy atom. The lowest BCUT2D eigenvalue weighted by atomic mass is 9.89. The molecule has 0 spiro atoms. The summed E-state index contributed by atoms with van der Waals surface area (Å²) in [7, 11) is 0. The fourth-order valence-electron chi connectivity index (χ4n) is 2.22. The maximum Gasteiger partial charge on any atom is -0.00161 e. The molecule has 0 aromatic heterocycles. The van der Waals surface area contributed by atoms with E-state index in [1.165, 1.54) is 44.5 Å². The minimum Gasteiger partial charge on any atom is -0.330 e. The molecule has 2 N–H and O–H groups in total. The molecule has 0 amide bonds. The monoisotopic (exact) mass is 196 g/mol. The van der Waals surface area contributed by atoms with Gasteiger partial charge in [-0.25, -0.2) is 0 Å². The van der Waals surface area contributed by atoms with Gasteiger partial charge in [-0.05, 0) is 57.8 Å². The van der Waals surface area contributed by atoms with Crippen molar-refractivity contribution in [2.75, 3.05) is 26.2 Å². The molecule has 1 aliphatic rings. The molecule has 1 fully saturated rings. The van der Waals surface area contributed by atoms with Crippen LogP contribution in [0.25, 0.3) is 0 Å². The predicted molar refractivity (Wildman–Crippen MR) is 62.3 cm³/mol. The smallest absolute Gasteiger partial charge is 0.00161 e. The highest BCUT2D eigenvalue weighted by Crippen LogP contribution is 2.24. The van der Waals surface area contributed by atoms with Crippen molar-refractivity contribution < 1.29 is 0 Å². The summed E-state index contributed by atoms with van der Waals surface area (Å²) in [4.78, 5) is 2.53. The Morgan fingerprint density at radius 1 is 1.43 bits per heavy atom. The summed E-state index contributed by atoms with van der Waals surface area (Å²) in [6.07, 6.45) is 4.90. The first kappa shape index (κ1) is 11.7. The Balaban J connectivity index is 2.18. The largest absolute Gasteiger partial charge is 0.330 e. The summed E-state index contributed by atoms with van der Waals surface area (Å²) in [6.45, 7) is 10.8. The molecule has 0 unspecified atom stereocenters. The van der Waals surface area contributed by atoms with Gasteiger partial charge in [0.1, 0.15) is 0 Å². The highest BCUT2D eigenvalue weighted by Gasteiger charge is 2.18. The van der Waals surface area contributed by atoms with Crippen molar-refractivity contribution in [3.05, 3.63) is 12.2 Å². The Bertz CT molecular complexity index is 169. The van der Waals surface area contributed by atoms with E-state index in [9.17, 15) is 0 Å². The van der Waals surface area contributed by atoms with E-state index < -0.39 is 0 Å². The molecule has 14 heavy (non-hydrogen) atoms. The molecule has 1 aliphatic heterocycles. The molecule has 82 valence electrons. The van der Waals surface area contributed by atoms with E-state index in [1.807, 2.05) is 0 Å². The third kappa shape index (κ3) is 3.81. The van der Waals surface area contributed by atoms with Gasteiger partial charge in [-0.1, -0.05) is 19.1 Å². The minimum atomic E-state index is 0.757. The lowest BCUT2D eigenvalue weighted by molar-refractivity contribution is 0.191. The molecule has 2 heteroatoms. The van der Waals surface area contributed by atoms with Gasteiger partial charge in [0.2, 0.25) is 0 Å². The van der Waals surface area contributed by atoms with Gasteiger partial charge < -0.3 is 10.6 Å². The predicted octanol–water partition coefficient (Wildman–Crippen LogP) is 2.01. The van der Waals surface area contributed by atoms with Crippen LogP contribution in [-0.4, -0.2) is 31.1 Å². The van der Waals surface area contributed by atoms with Crippen LogP contribution in [0.5, 0.6) is 0 Å². The Kier molecular flexibility index (Phi) is 5.20. The summed E-state index contributed by atoms with van der Waals surface area (Å²) in [5, 5.41) is 0. The number of rotatable bonds is 5. The van der Waals surface area contributed by atoms with E-state index in [1.54, 1.807) is 0 Å². The fraction of sp³-hybridized carbons (Fsp3) is 0.833. The second kappa shape index (κ2) is 6.20. The van der Waals surface area contributed by atoms with Crippen LogP contribution in [-0.2, 0) is 0 Å². The minimum absolute atomic E-state index is 0.757. The molecule has 0 aromatic carbocycles. The summed E-state index contributed by atoms with van der Waals surface area (Å²) < 4.78 is 0. The van der Waals surface area contributed by atoms with Crippen molar-refractivity contribution in [2.24, 2.45) is 11.7 Å². The van der Waals surface area contributed by atoms with Crippen LogP contribution in [0.4, 0.5) is 0 Å². The van der Waals surface area contributed by atoms with Crippen LogP contribution in [0, 0.1) is 5.92 Å². The third-order valence-corrected chi connectivity index (χ3v) is 3.23. The van der Waals surface area contributed by atoms with Gasteiger partial charge in [0, 0.05) is 0 Å². The zero-order valence-electron chi connectivity index (χ0n) is 9.47. The standard InChI is InChI=1S/C12H24N2/c1-3-14-8-5-12(6-9-14)10-11(2)4-7-13/h12H,2-10,13H2,1H3. The van der Waals surface area contributed by atoms with E-state index >= 15 is 0 Å². The first-order valence-electron chi connectivity index (χ1n) is 5.85. The molecule has 0 atom stereocenters. The van der Waals surface area contributed by atoms with Crippen LogP contribution in [0.3, 0.4) is 0 Å². The Morgan fingerprint density at radius 2 is 2.07 bits per heavy atom. The van der Waals surface area contributed by atoms with Crippen LogP contribution in [0.15, 0.2) is 12.2 Å². The molecule has 1 rings (SSSR count). The van der Waals surface area contributed by atoms with Crippen molar-refractivity contribution in [1.29, 1.82) is 0 Å². The topological polar surface area (TPSA) is 29.3 Å². The maximum atomic E-state index is 5.51. The molecule has 1 heterocycles. The van der Waals surface area contributed by atoms with Gasteiger partial charge in [0.05, 0.1) is 0 Å². The molecular formula is C12H24N2. The molecule has 1 saturated heterocycles. The molecule has 2 nitrogen and oxygen atoms in total. The number of hydrogen-bond donors (Lipinski definition) is 1. The van der Waals surface area contributed by atoms with E-state index in [4.69, 9.17) is 5.73 Å². The number of hydrogen-bond acceptors (Lipinski definition) is 2. The van der Waals surface area contributed by atoms with Crippen molar-refractivity contribution >= 4 is 0 Å². The molecule has 0 radical (unpaired) electrons. The highest BCUT2D eigenvalue weighted by molar-refractivity contribution is 4.96. The van der Waals surface area contributed by atoms with Crippen LogP contribution in [0.2, 0.25) is 0 Å². The SMILES string of the molecule is C=C(CCN)CC1CCN(CC)CC1. The second-order valence-corrected chi connectivity index (χ2v) is 4.37. The van der Waals surface area contributed by atoms with E-state index in [-0.39, 0.29) is 0 Å². The van der Waals surface area contributed by atoms with Crippen molar-refractivity contribution in [3.8, 4) is 0 Å². The van der Waals surface area contributed by atoms with Crippen molar-refractivity contribution in [1.82, 2.24) is 4.90 Å². The van der Waals surface area contributed by atoms with Crippen molar-refractivity contribution in [3.63, 3.8) is 0 Å². The maximum absolute atomic E-state index is 5.51. The molecule has 0 saturated carbocycles. The first-order valence-corrected chi connectivity index (χ1v) is 5.85. The van der Waals surface area contributed by atoms with Crippen LogP contribution < -0.4 is 5.73 Å². The fourth-order valence-corrected chi connectivity index (χ4v) is 2.22. The number of nitrogens with zero attached hydrogens (tertiary/aromatic N) is 1. The van der Waals surface area contributed by atoms with Crippen molar-refractivity contribution in [2.45, 2.75) is 32.6 Å². The van der Waals surface area contributed by atoms with E-state index in [0.717, 1.165) is 18.9 Å². The molecule has 0 aliphatic carbocycles. The highest BCUT2D eigenvalue weighted by atomic mass is 15.1. The molecular weight excluding hydrogens is 172 g/mol. The van der Waals surface area contributed by atoms with Gasteiger partial charge in [0.25, 0.3) is 0 Å². The Labute approximate surface area is 88.2 Å². The Hall–Kier alpha value is -0.340. The van der Waals surface area contributed by atoms with E-state index in [2.05, 4.69) is 18.4 Å². The van der Waals surface area contributed by atoms with E-state index in [0.29, 0.717) is 0 Å². The zero-order chi connectivity index (χ0) is 10.4. The van der Waals surface area contributed by atoms with Gasteiger partial charge in [0.15, 0.2) is 0 Å². The average molecular weight is 196 g/mol. The molecule has 0 aromatic rings. The number of nitrogens with two attached hydrogens (primary N) is 1. The summed E-state index contributed by atoms with van der Waals surface area (Å²) in [6, 6.07) is 0. The third-order valence-electron chi connectivity index (χ3n) is 3.23. The lowest BCUT2D eigenvalue weighted by Crippen LogP contribution is -2.33. The van der Waals surface area contributed by atoms with Crippen LogP contribution >= 0.6 is 0 Å². The van der Waals surface area contributed by atoms with Gasteiger partial charge in [-0.2, -0.15) is 0 Å². The lowest BCUT2D eigenvalue weighted by Gasteiger charge is -2.31. The quantitative estimate of drug-likeness (QED) is 0.682.